The second kappa shape index (κ2) is 9.30. The van der Waals surface area contributed by atoms with E-state index in [2.05, 4.69) is 22.0 Å². The van der Waals surface area contributed by atoms with Crippen LogP contribution in [0.4, 0.5) is 18.9 Å². The van der Waals surface area contributed by atoms with E-state index in [1.54, 1.807) is 18.2 Å². The van der Waals surface area contributed by atoms with E-state index in [-0.39, 0.29) is 5.56 Å². The van der Waals surface area contributed by atoms with Crippen LogP contribution < -0.4 is 16.0 Å². The standard InChI is InChI=1S/C25H26F3N3O/c1-16-14-20(3-5-21(16)18-8-12-30-13-9-18)31-24(32)22-4-2-19(15-23(22)25(26,27)28)17-6-10-29-11-7-17/h2-6,8,14-15,29-30H,7,9-13H2,1H3,(H,31,32). The molecule has 0 saturated carbocycles. The summed E-state index contributed by atoms with van der Waals surface area (Å²) < 4.78 is 41.4. The van der Waals surface area contributed by atoms with Gasteiger partial charge in [0.2, 0.25) is 0 Å². The maximum atomic E-state index is 13.8. The van der Waals surface area contributed by atoms with Crippen LogP contribution in [0.15, 0.2) is 48.6 Å². The zero-order valence-electron chi connectivity index (χ0n) is 17.9. The van der Waals surface area contributed by atoms with Gasteiger partial charge < -0.3 is 16.0 Å². The van der Waals surface area contributed by atoms with Crippen LogP contribution in [0.2, 0.25) is 0 Å². The lowest BCUT2D eigenvalue weighted by Crippen LogP contribution is -2.21. The van der Waals surface area contributed by atoms with Crippen molar-refractivity contribution in [2.24, 2.45) is 0 Å². The number of carbonyl (C=O) groups is 1. The number of nitrogens with one attached hydrogen (secondary N) is 3. The number of hydrogen-bond donors (Lipinski definition) is 3. The maximum absolute atomic E-state index is 13.8. The summed E-state index contributed by atoms with van der Waals surface area (Å²) in [6.45, 7) is 5.01. The van der Waals surface area contributed by atoms with Crippen molar-refractivity contribution in [1.82, 2.24) is 10.6 Å². The Hall–Kier alpha value is -2.90. The minimum absolute atomic E-state index is 0.376. The molecule has 0 atom stereocenters. The van der Waals surface area contributed by atoms with Crippen LogP contribution in [0.25, 0.3) is 11.1 Å². The Morgan fingerprint density at radius 1 is 0.938 bits per heavy atom. The van der Waals surface area contributed by atoms with Crippen molar-refractivity contribution in [1.29, 1.82) is 0 Å². The van der Waals surface area contributed by atoms with Gasteiger partial charge in [-0.15, -0.1) is 0 Å². The Bertz CT molecular complexity index is 1090. The molecule has 0 unspecified atom stereocenters. The first-order chi connectivity index (χ1) is 15.3. The Labute approximate surface area is 185 Å². The molecule has 2 aliphatic rings. The first kappa shape index (κ1) is 22.3. The van der Waals surface area contributed by atoms with E-state index in [0.717, 1.165) is 48.8 Å². The Morgan fingerprint density at radius 3 is 2.22 bits per heavy atom. The van der Waals surface area contributed by atoms with E-state index in [0.29, 0.717) is 24.2 Å². The number of amides is 1. The van der Waals surface area contributed by atoms with Crippen LogP contribution in [-0.2, 0) is 6.18 Å². The number of anilines is 1. The lowest BCUT2D eigenvalue weighted by atomic mass is 9.94. The number of benzene rings is 2. The molecule has 3 N–H and O–H groups in total. The average Bonchev–Trinajstić information content (AvgIpc) is 2.79. The van der Waals surface area contributed by atoms with Gasteiger partial charge in [-0.25, -0.2) is 0 Å². The second-order valence-corrected chi connectivity index (χ2v) is 8.11. The number of alkyl halides is 3. The van der Waals surface area contributed by atoms with Gasteiger partial charge in [0.15, 0.2) is 0 Å². The molecule has 2 aliphatic heterocycles. The molecular formula is C25H26F3N3O. The van der Waals surface area contributed by atoms with E-state index in [1.165, 1.54) is 11.6 Å². The lowest BCUT2D eigenvalue weighted by Gasteiger charge is -2.19. The van der Waals surface area contributed by atoms with Crippen molar-refractivity contribution in [2.45, 2.75) is 25.9 Å². The van der Waals surface area contributed by atoms with Gasteiger partial charge in [-0.3, -0.25) is 4.79 Å². The number of halogens is 3. The zero-order valence-corrected chi connectivity index (χ0v) is 17.9. The van der Waals surface area contributed by atoms with Crippen LogP contribution in [0.1, 0.15) is 45.5 Å². The first-order valence-electron chi connectivity index (χ1n) is 10.8. The minimum Gasteiger partial charge on any atom is -0.322 e. The molecule has 0 saturated heterocycles. The highest BCUT2D eigenvalue weighted by Gasteiger charge is 2.35. The summed E-state index contributed by atoms with van der Waals surface area (Å²) in [5, 5.41) is 9.06. The molecule has 0 aromatic heterocycles. The summed E-state index contributed by atoms with van der Waals surface area (Å²) in [5.41, 5.74) is 3.86. The number of aryl methyl sites for hydroxylation is 1. The highest BCUT2D eigenvalue weighted by Crippen LogP contribution is 2.35. The average molecular weight is 441 g/mol. The van der Waals surface area contributed by atoms with Gasteiger partial charge in [0.25, 0.3) is 5.91 Å². The van der Waals surface area contributed by atoms with E-state index in [1.807, 2.05) is 19.1 Å². The summed E-state index contributed by atoms with van der Waals surface area (Å²) in [6, 6.07) is 9.42. The molecule has 0 bridgehead atoms. The lowest BCUT2D eigenvalue weighted by molar-refractivity contribution is -0.137. The predicted octanol–water partition coefficient (Wildman–Crippen LogP) is 5.02. The topological polar surface area (TPSA) is 53.2 Å². The zero-order chi connectivity index (χ0) is 22.7. The number of rotatable bonds is 4. The van der Waals surface area contributed by atoms with Gasteiger partial charge in [0.1, 0.15) is 0 Å². The molecule has 0 fully saturated rings. The van der Waals surface area contributed by atoms with E-state index < -0.39 is 17.6 Å². The quantitative estimate of drug-likeness (QED) is 0.625. The Kier molecular flexibility index (Phi) is 6.48. The van der Waals surface area contributed by atoms with Crippen molar-refractivity contribution in [3.63, 3.8) is 0 Å². The molecule has 0 spiro atoms. The van der Waals surface area contributed by atoms with Crippen molar-refractivity contribution in [3.05, 3.63) is 76.4 Å². The van der Waals surface area contributed by atoms with Crippen LogP contribution in [0.5, 0.6) is 0 Å². The Morgan fingerprint density at radius 2 is 1.62 bits per heavy atom. The molecule has 168 valence electrons. The fraction of sp³-hybridized carbons (Fsp3) is 0.320. The van der Waals surface area contributed by atoms with Gasteiger partial charge in [0, 0.05) is 18.8 Å². The van der Waals surface area contributed by atoms with Crippen molar-refractivity contribution in [2.75, 3.05) is 31.5 Å². The summed E-state index contributed by atoms with van der Waals surface area (Å²) in [5.74, 6) is -0.767. The summed E-state index contributed by atoms with van der Waals surface area (Å²) >= 11 is 0. The van der Waals surface area contributed by atoms with E-state index in [9.17, 15) is 18.0 Å². The van der Waals surface area contributed by atoms with Gasteiger partial charge in [-0.1, -0.05) is 24.3 Å². The Balaban J connectivity index is 1.59. The molecule has 4 rings (SSSR count). The SMILES string of the molecule is Cc1cc(NC(=O)c2ccc(C3=CCNCC3)cc2C(F)(F)F)ccc1C1=CCNCC1. The highest BCUT2D eigenvalue weighted by atomic mass is 19.4. The molecular weight excluding hydrogens is 415 g/mol. The first-order valence-corrected chi connectivity index (χ1v) is 10.8. The summed E-state index contributed by atoms with van der Waals surface area (Å²) in [6.07, 6.45) is 0.971. The smallest absolute Gasteiger partial charge is 0.322 e. The molecule has 2 aromatic carbocycles. The van der Waals surface area contributed by atoms with E-state index in [4.69, 9.17) is 0 Å². The fourth-order valence-electron chi connectivity index (χ4n) is 4.23. The van der Waals surface area contributed by atoms with Crippen LogP contribution in [0.3, 0.4) is 0 Å². The predicted molar refractivity (Wildman–Crippen MR) is 122 cm³/mol. The van der Waals surface area contributed by atoms with Crippen molar-refractivity contribution < 1.29 is 18.0 Å². The summed E-state index contributed by atoms with van der Waals surface area (Å²) in [4.78, 5) is 12.8. The third kappa shape index (κ3) is 4.95. The highest BCUT2D eigenvalue weighted by molar-refractivity contribution is 6.05. The van der Waals surface area contributed by atoms with Crippen molar-refractivity contribution in [3.8, 4) is 0 Å². The monoisotopic (exact) mass is 441 g/mol. The molecule has 1 amide bonds. The number of carbonyl (C=O) groups excluding carboxylic acids is 1. The largest absolute Gasteiger partial charge is 0.417 e. The third-order valence-electron chi connectivity index (χ3n) is 5.90. The molecule has 0 radical (unpaired) electrons. The van der Waals surface area contributed by atoms with Gasteiger partial charge in [0.05, 0.1) is 11.1 Å². The fourth-order valence-corrected chi connectivity index (χ4v) is 4.23. The van der Waals surface area contributed by atoms with Crippen molar-refractivity contribution >= 4 is 22.7 Å². The molecule has 0 aliphatic carbocycles. The molecule has 4 nitrogen and oxygen atoms in total. The van der Waals surface area contributed by atoms with E-state index >= 15 is 0 Å². The van der Waals surface area contributed by atoms with Crippen LogP contribution in [-0.4, -0.2) is 32.1 Å². The van der Waals surface area contributed by atoms with Gasteiger partial charge in [-0.05, 0) is 85.0 Å². The van der Waals surface area contributed by atoms with Crippen LogP contribution >= 0.6 is 0 Å². The number of hydrogen-bond acceptors (Lipinski definition) is 3. The second-order valence-electron chi connectivity index (χ2n) is 8.11. The molecule has 2 heterocycles. The molecule has 7 heteroatoms. The maximum Gasteiger partial charge on any atom is 0.417 e. The third-order valence-corrected chi connectivity index (χ3v) is 5.90. The minimum atomic E-state index is -4.63. The molecule has 2 aromatic rings. The van der Waals surface area contributed by atoms with Gasteiger partial charge in [-0.2, -0.15) is 13.2 Å². The summed E-state index contributed by atoms with van der Waals surface area (Å²) in [7, 11) is 0. The van der Waals surface area contributed by atoms with Gasteiger partial charge >= 0.3 is 6.18 Å². The van der Waals surface area contributed by atoms with Crippen LogP contribution in [0, 0.1) is 6.92 Å². The normalized spacial score (nSPS) is 16.9. The molecule has 32 heavy (non-hydrogen) atoms.